The lowest BCUT2D eigenvalue weighted by Crippen LogP contribution is -1.93. The number of alkyl halides is 1. The van der Waals surface area contributed by atoms with Crippen LogP contribution in [-0.2, 0) is 4.79 Å². The van der Waals surface area contributed by atoms with Crippen LogP contribution in [0.3, 0.4) is 0 Å². The van der Waals surface area contributed by atoms with Gasteiger partial charge in [0.15, 0.2) is 0 Å². The van der Waals surface area contributed by atoms with Gasteiger partial charge in [0.25, 0.3) is 0 Å². The molecule has 0 unspecified atom stereocenters. The Morgan fingerprint density at radius 1 is 1.29 bits per heavy atom. The van der Waals surface area contributed by atoms with Crippen molar-refractivity contribution in [1.82, 2.24) is 0 Å². The summed E-state index contributed by atoms with van der Waals surface area (Å²) in [5, 5.41) is 9.37. The molecule has 0 saturated heterocycles. The van der Waals surface area contributed by atoms with Crippen LogP contribution in [0.4, 0.5) is 0 Å². The van der Waals surface area contributed by atoms with Gasteiger partial charge in [-0.15, -0.1) is 5.53 Å². The predicted molar refractivity (Wildman–Crippen MR) is 58.6 cm³/mol. The largest absolute Gasteiger partial charge is 0.481 e. The average molecular weight is 266 g/mol. The van der Waals surface area contributed by atoms with Crippen LogP contribution < -0.4 is 0 Å². The maximum atomic E-state index is 10.1. The molecule has 0 atom stereocenters. The number of hydrogen-bond acceptors (Lipinski definition) is 2. The van der Waals surface area contributed by atoms with Crippen LogP contribution in [0.25, 0.3) is 10.4 Å². The van der Waals surface area contributed by atoms with Crippen molar-refractivity contribution in [2.75, 3.05) is 5.33 Å². The average Bonchev–Trinajstić information content (AvgIpc) is 2.12. The fourth-order valence-corrected chi connectivity index (χ4v) is 1.30. The molecule has 5 nitrogen and oxygen atoms in total. The Morgan fingerprint density at radius 3 is 2.14 bits per heavy atom. The Balaban J connectivity index is 0. The quantitative estimate of drug-likeness (QED) is 0.241. The van der Waals surface area contributed by atoms with E-state index in [2.05, 4.69) is 15.9 Å². The Bertz CT molecular complexity index is 170. The van der Waals surface area contributed by atoms with E-state index in [0.29, 0.717) is 6.42 Å². The molecule has 0 bridgehead atoms. The van der Waals surface area contributed by atoms with Gasteiger partial charge in [0, 0.05) is 11.8 Å². The first-order chi connectivity index (χ1) is 6.68. The first-order valence-electron chi connectivity index (χ1n) is 4.47. The number of carbonyl (C=O) groups is 1. The van der Waals surface area contributed by atoms with E-state index in [-0.39, 0.29) is 0 Å². The van der Waals surface area contributed by atoms with Gasteiger partial charge < -0.3 is 5.11 Å². The van der Waals surface area contributed by atoms with Crippen LogP contribution in [0.2, 0.25) is 0 Å². The summed E-state index contributed by atoms with van der Waals surface area (Å²) in [7, 11) is 0. The molecule has 0 aliphatic heterocycles. The van der Waals surface area contributed by atoms with Gasteiger partial charge in [0.1, 0.15) is 0 Å². The van der Waals surface area contributed by atoms with Crippen molar-refractivity contribution in [2.24, 2.45) is 0 Å². The SMILES string of the molecule is O=C(O)CCCCCCCBr.[N-]=[N+]=N. The van der Waals surface area contributed by atoms with E-state index in [1.807, 2.05) is 0 Å². The lowest BCUT2D eigenvalue weighted by atomic mass is 10.1. The van der Waals surface area contributed by atoms with Gasteiger partial charge in [-0.3, -0.25) is 4.79 Å². The highest BCUT2D eigenvalue weighted by atomic mass is 79.9. The Labute approximate surface area is 92.0 Å². The smallest absolute Gasteiger partial charge is 0.303 e. The molecule has 0 aromatic rings. The van der Waals surface area contributed by atoms with Gasteiger partial charge in [0.2, 0.25) is 0 Å². The zero-order chi connectivity index (χ0) is 11.2. The van der Waals surface area contributed by atoms with E-state index in [4.69, 9.17) is 16.2 Å². The fourth-order valence-electron chi connectivity index (χ4n) is 0.901. The highest BCUT2D eigenvalue weighted by Crippen LogP contribution is 2.06. The Morgan fingerprint density at radius 2 is 1.71 bits per heavy atom. The topological polar surface area (TPSA) is 97.5 Å². The van der Waals surface area contributed by atoms with E-state index >= 15 is 0 Å². The summed E-state index contributed by atoms with van der Waals surface area (Å²) in [5.74, 6) is -0.675. The van der Waals surface area contributed by atoms with Crippen molar-refractivity contribution < 1.29 is 9.90 Å². The van der Waals surface area contributed by atoms with E-state index in [1.165, 1.54) is 19.3 Å². The molecule has 0 aliphatic rings. The second-order valence-electron chi connectivity index (χ2n) is 2.70. The molecule has 2 N–H and O–H groups in total. The highest BCUT2D eigenvalue weighted by Gasteiger charge is 1.95. The molecule has 0 aromatic heterocycles. The van der Waals surface area contributed by atoms with Crippen molar-refractivity contribution in [1.29, 1.82) is 5.53 Å². The Kier molecular flexibility index (Phi) is 16.6. The second kappa shape index (κ2) is 14.8. The molecule has 82 valence electrons. The van der Waals surface area contributed by atoms with Gasteiger partial charge in [-0.05, 0) is 23.3 Å². The van der Waals surface area contributed by atoms with Crippen LogP contribution in [0, 0.1) is 5.53 Å². The van der Waals surface area contributed by atoms with Gasteiger partial charge in [-0.2, -0.15) is 0 Å². The zero-order valence-electron chi connectivity index (χ0n) is 8.08. The molecule has 0 radical (unpaired) electrons. The number of unbranched alkanes of at least 4 members (excludes halogenated alkanes) is 4. The van der Waals surface area contributed by atoms with Crippen LogP contribution in [-0.4, -0.2) is 16.4 Å². The van der Waals surface area contributed by atoms with E-state index in [9.17, 15) is 4.79 Å². The normalized spacial score (nSPS) is 8.36. The molecular weight excluding hydrogens is 250 g/mol. The molecule has 0 fully saturated rings. The highest BCUT2D eigenvalue weighted by molar-refractivity contribution is 9.09. The molecule has 0 saturated carbocycles. The minimum absolute atomic E-state index is 0.328. The monoisotopic (exact) mass is 265 g/mol. The van der Waals surface area contributed by atoms with Crippen molar-refractivity contribution in [3.63, 3.8) is 0 Å². The lowest BCUT2D eigenvalue weighted by Gasteiger charge is -1.96. The Hall–Kier alpha value is -0.740. The van der Waals surface area contributed by atoms with Gasteiger partial charge in [-0.1, -0.05) is 35.2 Å². The number of aliphatic carboxylic acids is 1. The van der Waals surface area contributed by atoms with Gasteiger partial charge in [-0.25, -0.2) is 0 Å². The van der Waals surface area contributed by atoms with Crippen molar-refractivity contribution in [3.8, 4) is 0 Å². The fraction of sp³-hybridized carbons (Fsp3) is 0.875. The van der Waals surface area contributed by atoms with Crippen molar-refractivity contribution in [3.05, 3.63) is 10.4 Å². The van der Waals surface area contributed by atoms with Crippen molar-refractivity contribution >= 4 is 21.9 Å². The summed E-state index contributed by atoms with van der Waals surface area (Å²) in [6, 6.07) is 0. The molecule has 14 heavy (non-hydrogen) atoms. The van der Waals surface area contributed by atoms with E-state index in [0.717, 1.165) is 18.2 Å². The number of nitrogens with one attached hydrogen (secondary N) is 1. The first kappa shape index (κ1) is 15.7. The third kappa shape index (κ3) is 22.5. The zero-order valence-corrected chi connectivity index (χ0v) is 9.66. The summed E-state index contributed by atoms with van der Waals surface area (Å²) >= 11 is 3.35. The molecule has 6 heteroatoms. The standard InChI is InChI=1S/C8H15BrO2.HN3/c9-7-5-3-1-2-4-6-8(10)11;1-3-2/h1-7H2,(H,10,11);1H. The van der Waals surface area contributed by atoms with Crippen LogP contribution in [0.1, 0.15) is 38.5 Å². The lowest BCUT2D eigenvalue weighted by molar-refractivity contribution is -0.137. The molecule has 0 heterocycles. The van der Waals surface area contributed by atoms with Crippen LogP contribution in [0.5, 0.6) is 0 Å². The van der Waals surface area contributed by atoms with Gasteiger partial charge >= 0.3 is 5.97 Å². The number of halogens is 1. The van der Waals surface area contributed by atoms with Crippen molar-refractivity contribution in [2.45, 2.75) is 38.5 Å². The minimum atomic E-state index is -0.675. The molecule has 0 aromatic carbocycles. The molecular formula is C8H16BrN3O2. The van der Waals surface area contributed by atoms with E-state index < -0.39 is 5.97 Å². The number of rotatable bonds is 7. The maximum Gasteiger partial charge on any atom is 0.303 e. The first-order valence-corrected chi connectivity index (χ1v) is 5.59. The number of hydrogen-bond donors (Lipinski definition) is 2. The summed E-state index contributed by atoms with van der Waals surface area (Å²) < 4.78 is 0. The molecule has 0 rings (SSSR count). The summed E-state index contributed by atoms with van der Waals surface area (Å²) in [4.78, 5) is 11.8. The minimum Gasteiger partial charge on any atom is -0.481 e. The number of carboxylic acid groups (broad SMARTS) is 1. The maximum absolute atomic E-state index is 10.1. The summed E-state index contributed by atoms with van der Waals surface area (Å²) in [6.07, 6.45) is 5.79. The third-order valence-electron chi connectivity index (χ3n) is 1.52. The van der Waals surface area contributed by atoms with Crippen LogP contribution in [0.15, 0.2) is 0 Å². The predicted octanol–water partition coefficient (Wildman–Crippen LogP) is 3.68. The third-order valence-corrected chi connectivity index (χ3v) is 2.09. The van der Waals surface area contributed by atoms with Gasteiger partial charge in [0.05, 0.1) is 0 Å². The molecule has 0 aliphatic carbocycles. The van der Waals surface area contributed by atoms with Crippen LogP contribution >= 0.6 is 15.9 Å². The molecule has 0 amide bonds. The molecule has 0 spiro atoms. The van der Waals surface area contributed by atoms with E-state index in [1.54, 1.807) is 4.91 Å². The summed E-state index contributed by atoms with van der Waals surface area (Å²) in [6.45, 7) is 0. The number of nitrogens with zero attached hydrogens (tertiary/aromatic N) is 2. The summed E-state index contributed by atoms with van der Waals surface area (Å²) in [5.41, 5.74) is 12.2. The number of carboxylic acids is 1. The second-order valence-corrected chi connectivity index (χ2v) is 3.49.